The standard InChI is InChI=1S/C31H36ClF3N8O4/c1-30(2,18-39-27(45)28(46)43-12-4-3-5-13-43)17-38-26(44)21-8-11-23(37-16-21)40-25-14-24(36-15-20-6-9-22(32)10-7-20)41-29(42-25)47-19-31(33,34)35/h6-11,14,16H,3-5,12-13,15,17-19H2,1-2H3,(H,38,44)(H,39,45)(H2,36,37,40,41,42). The van der Waals surface area contributed by atoms with Crippen molar-refractivity contribution in [1.29, 1.82) is 0 Å². The molecule has 3 amide bonds. The molecule has 0 saturated carbocycles. The number of pyridine rings is 1. The topological polar surface area (TPSA) is 150 Å². The Kier molecular flexibility index (Phi) is 11.8. The summed E-state index contributed by atoms with van der Waals surface area (Å²) in [5.74, 6) is -1.06. The zero-order valence-corrected chi connectivity index (χ0v) is 26.7. The van der Waals surface area contributed by atoms with Crippen molar-refractivity contribution >= 4 is 46.8 Å². The first-order chi connectivity index (χ1) is 22.3. The summed E-state index contributed by atoms with van der Waals surface area (Å²) in [5, 5.41) is 11.9. The molecule has 1 aliphatic heterocycles. The van der Waals surface area contributed by atoms with E-state index in [0.29, 0.717) is 24.7 Å². The highest BCUT2D eigenvalue weighted by Gasteiger charge is 2.29. The van der Waals surface area contributed by atoms with E-state index in [1.807, 2.05) is 13.8 Å². The lowest BCUT2D eigenvalue weighted by molar-refractivity contribution is -0.154. The van der Waals surface area contributed by atoms with E-state index in [2.05, 4.69) is 36.2 Å². The highest BCUT2D eigenvalue weighted by Crippen LogP contribution is 2.23. The van der Waals surface area contributed by atoms with Crippen molar-refractivity contribution in [1.82, 2.24) is 30.5 Å². The molecule has 0 unspecified atom stereocenters. The molecule has 3 aromatic rings. The highest BCUT2D eigenvalue weighted by molar-refractivity contribution is 6.35. The Hall–Kier alpha value is -4.66. The Bertz CT molecular complexity index is 1530. The Morgan fingerprint density at radius 1 is 0.915 bits per heavy atom. The van der Waals surface area contributed by atoms with Gasteiger partial charge in [0.25, 0.3) is 5.91 Å². The smallest absolute Gasteiger partial charge is 0.422 e. The number of aromatic nitrogens is 3. The van der Waals surface area contributed by atoms with Crippen molar-refractivity contribution in [3.8, 4) is 6.01 Å². The van der Waals surface area contributed by atoms with Crippen LogP contribution in [-0.4, -0.2) is 76.5 Å². The largest absolute Gasteiger partial charge is 0.454 e. The van der Waals surface area contributed by atoms with Gasteiger partial charge in [-0.05, 0) is 54.5 Å². The van der Waals surface area contributed by atoms with Gasteiger partial charge in [-0.15, -0.1) is 0 Å². The van der Waals surface area contributed by atoms with Crippen molar-refractivity contribution in [3.05, 3.63) is 64.8 Å². The Morgan fingerprint density at radius 2 is 1.60 bits per heavy atom. The summed E-state index contributed by atoms with van der Waals surface area (Å²) < 4.78 is 43.1. The van der Waals surface area contributed by atoms with Crippen LogP contribution in [0.25, 0.3) is 0 Å². The number of carbonyl (C=O) groups excluding carboxylic acids is 3. The summed E-state index contributed by atoms with van der Waals surface area (Å²) >= 11 is 5.92. The highest BCUT2D eigenvalue weighted by atomic mass is 35.5. The fraction of sp³-hybridized carbons (Fsp3) is 0.419. The van der Waals surface area contributed by atoms with Crippen molar-refractivity contribution < 1.29 is 32.3 Å². The van der Waals surface area contributed by atoms with Crippen LogP contribution in [0.15, 0.2) is 48.7 Å². The lowest BCUT2D eigenvalue weighted by Gasteiger charge is -2.28. The number of likely N-dealkylation sites (tertiary alicyclic amines) is 1. The monoisotopic (exact) mass is 676 g/mol. The molecule has 2 aromatic heterocycles. The second-order valence-electron chi connectivity index (χ2n) is 11.7. The number of piperidine rings is 1. The van der Waals surface area contributed by atoms with E-state index in [1.165, 1.54) is 24.4 Å². The third-order valence-electron chi connectivity index (χ3n) is 7.03. The van der Waals surface area contributed by atoms with Gasteiger partial charge < -0.3 is 30.9 Å². The van der Waals surface area contributed by atoms with Crippen LogP contribution in [0.4, 0.5) is 30.6 Å². The maximum absolute atomic E-state index is 12.8. The second-order valence-corrected chi connectivity index (χ2v) is 12.2. The van der Waals surface area contributed by atoms with Gasteiger partial charge in [0.2, 0.25) is 0 Å². The lowest BCUT2D eigenvalue weighted by atomic mass is 9.93. The number of hydrogen-bond donors (Lipinski definition) is 4. The molecular formula is C31H36ClF3N8O4. The van der Waals surface area contributed by atoms with Crippen LogP contribution in [0.2, 0.25) is 5.02 Å². The number of halogens is 4. The van der Waals surface area contributed by atoms with Gasteiger partial charge >= 0.3 is 24.0 Å². The van der Waals surface area contributed by atoms with Crippen molar-refractivity contribution in [2.45, 2.75) is 45.8 Å². The minimum absolute atomic E-state index is 0.100. The summed E-state index contributed by atoms with van der Waals surface area (Å²) in [6, 6.07) is 11.0. The zero-order chi connectivity index (χ0) is 34.0. The van der Waals surface area contributed by atoms with Crippen molar-refractivity contribution in [2.75, 3.05) is 43.4 Å². The summed E-state index contributed by atoms with van der Waals surface area (Å²) in [7, 11) is 0. The predicted octanol–water partition coefficient (Wildman–Crippen LogP) is 4.71. The molecule has 0 bridgehead atoms. The first-order valence-corrected chi connectivity index (χ1v) is 15.3. The van der Waals surface area contributed by atoms with E-state index in [0.717, 1.165) is 24.8 Å². The minimum Gasteiger partial charge on any atom is -0.454 e. The lowest BCUT2D eigenvalue weighted by Crippen LogP contribution is -2.48. The number of amides is 3. The fourth-order valence-electron chi connectivity index (χ4n) is 4.44. The van der Waals surface area contributed by atoms with Gasteiger partial charge in [-0.25, -0.2) is 4.98 Å². The molecule has 4 rings (SSSR count). The van der Waals surface area contributed by atoms with Crippen molar-refractivity contribution in [3.63, 3.8) is 0 Å². The zero-order valence-electron chi connectivity index (χ0n) is 25.9. The molecular weight excluding hydrogens is 641 g/mol. The summed E-state index contributed by atoms with van der Waals surface area (Å²) in [6.45, 7) is 3.95. The maximum Gasteiger partial charge on any atom is 0.422 e. The maximum atomic E-state index is 12.8. The van der Waals surface area contributed by atoms with Gasteiger partial charge in [0.15, 0.2) is 6.61 Å². The van der Waals surface area contributed by atoms with Gasteiger partial charge in [-0.2, -0.15) is 23.1 Å². The number of carbonyl (C=O) groups is 3. The Balaban J connectivity index is 1.33. The van der Waals surface area contributed by atoms with E-state index in [-0.39, 0.29) is 36.1 Å². The SMILES string of the molecule is CC(C)(CNC(=O)C(=O)N1CCCCC1)CNC(=O)c1ccc(Nc2cc(NCc3ccc(Cl)cc3)nc(OCC(F)(F)F)n2)nc1. The average molecular weight is 677 g/mol. The number of nitrogens with one attached hydrogen (secondary N) is 4. The van der Waals surface area contributed by atoms with Crippen LogP contribution in [-0.2, 0) is 16.1 Å². The van der Waals surface area contributed by atoms with Crippen LogP contribution in [0.5, 0.6) is 6.01 Å². The Labute approximate surface area is 274 Å². The van der Waals surface area contributed by atoms with Gasteiger partial charge in [0, 0.05) is 50.0 Å². The third-order valence-corrected chi connectivity index (χ3v) is 7.28. The van der Waals surface area contributed by atoms with Crippen LogP contribution >= 0.6 is 11.6 Å². The molecule has 0 aliphatic carbocycles. The van der Waals surface area contributed by atoms with E-state index >= 15 is 0 Å². The first-order valence-electron chi connectivity index (χ1n) is 14.9. The molecule has 1 saturated heterocycles. The number of alkyl halides is 3. The predicted molar refractivity (Wildman–Crippen MR) is 169 cm³/mol. The van der Waals surface area contributed by atoms with Gasteiger partial charge in [-0.3, -0.25) is 14.4 Å². The van der Waals surface area contributed by atoms with E-state index in [9.17, 15) is 27.6 Å². The molecule has 47 heavy (non-hydrogen) atoms. The number of benzene rings is 1. The number of nitrogens with zero attached hydrogens (tertiary/aromatic N) is 4. The quantitative estimate of drug-likeness (QED) is 0.200. The first kappa shape index (κ1) is 35.2. The molecule has 0 spiro atoms. The molecule has 12 nitrogen and oxygen atoms in total. The van der Waals surface area contributed by atoms with Crippen LogP contribution < -0.4 is 26.0 Å². The molecule has 1 fully saturated rings. The second kappa shape index (κ2) is 15.8. The molecule has 4 N–H and O–H groups in total. The summed E-state index contributed by atoms with van der Waals surface area (Å²) in [5.41, 5.74) is 0.547. The molecule has 3 heterocycles. The number of rotatable bonds is 12. The van der Waals surface area contributed by atoms with Crippen LogP contribution in [0.3, 0.4) is 0 Å². The van der Waals surface area contributed by atoms with Gasteiger partial charge in [0.1, 0.15) is 17.5 Å². The van der Waals surface area contributed by atoms with Crippen LogP contribution in [0, 0.1) is 5.41 Å². The van der Waals surface area contributed by atoms with Gasteiger partial charge in [0.05, 0.1) is 5.56 Å². The molecule has 1 aromatic carbocycles. The molecule has 16 heteroatoms. The third kappa shape index (κ3) is 11.6. The van der Waals surface area contributed by atoms with Crippen LogP contribution in [0.1, 0.15) is 49.0 Å². The van der Waals surface area contributed by atoms with E-state index < -0.39 is 41.9 Å². The average Bonchev–Trinajstić information content (AvgIpc) is 3.05. The minimum atomic E-state index is -4.59. The van der Waals surface area contributed by atoms with E-state index in [1.54, 1.807) is 29.2 Å². The summed E-state index contributed by atoms with van der Waals surface area (Å²) in [6.07, 6.45) is -0.448. The number of ether oxygens (including phenoxy) is 1. The number of anilines is 3. The number of hydrogen-bond acceptors (Lipinski definition) is 9. The Morgan fingerprint density at radius 3 is 2.26 bits per heavy atom. The molecule has 0 atom stereocenters. The normalized spacial score (nSPS) is 13.4. The molecule has 252 valence electrons. The summed E-state index contributed by atoms with van der Waals surface area (Å²) in [4.78, 5) is 51.3. The van der Waals surface area contributed by atoms with E-state index in [4.69, 9.17) is 16.3 Å². The molecule has 0 radical (unpaired) electrons. The van der Waals surface area contributed by atoms with Gasteiger partial charge in [-0.1, -0.05) is 37.6 Å². The molecule has 1 aliphatic rings. The van der Waals surface area contributed by atoms with Crippen molar-refractivity contribution in [2.24, 2.45) is 5.41 Å². The fourth-order valence-corrected chi connectivity index (χ4v) is 4.56.